The summed E-state index contributed by atoms with van der Waals surface area (Å²) in [5.41, 5.74) is 1.56. The molecule has 3 N–H and O–H groups in total. The van der Waals surface area contributed by atoms with Crippen LogP contribution in [-0.2, 0) is 10.0 Å². The molecule has 0 aromatic heterocycles. The van der Waals surface area contributed by atoms with E-state index < -0.39 is 10.0 Å². The zero-order valence-corrected chi connectivity index (χ0v) is 17.6. The predicted octanol–water partition coefficient (Wildman–Crippen LogP) is 2.95. The van der Waals surface area contributed by atoms with Gasteiger partial charge in [0.05, 0.1) is 16.1 Å². The number of rotatable bonds is 5. The molecule has 0 aliphatic carbocycles. The highest BCUT2D eigenvalue weighted by Crippen LogP contribution is 2.21. The van der Waals surface area contributed by atoms with E-state index in [0.29, 0.717) is 18.0 Å². The number of carbonyl (C=O) groups is 1. The first-order valence-corrected chi connectivity index (χ1v) is 10.6. The Hall–Kier alpha value is -2.09. The van der Waals surface area contributed by atoms with E-state index in [-0.39, 0.29) is 34.9 Å². The lowest BCUT2D eigenvalue weighted by Gasteiger charge is -2.30. The number of hydrogen-bond donors (Lipinski definition) is 3. The molecule has 6 nitrogen and oxygen atoms in total. The number of amides is 1. The van der Waals surface area contributed by atoms with Crippen molar-refractivity contribution in [2.45, 2.75) is 31.2 Å². The van der Waals surface area contributed by atoms with Gasteiger partial charge < -0.3 is 10.6 Å². The first-order valence-electron chi connectivity index (χ1n) is 9.07. The summed E-state index contributed by atoms with van der Waals surface area (Å²) in [7, 11) is -3.77. The zero-order valence-electron chi connectivity index (χ0n) is 15.9. The number of aryl methyl sites for hydroxylation is 1. The van der Waals surface area contributed by atoms with E-state index >= 15 is 0 Å². The molecule has 0 bridgehead atoms. The molecule has 1 heterocycles. The number of nitrogens with one attached hydrogen (secondary N) is 3. The molecule has 2 aromatic rings. The number of anilines is 1. The number of carbonyl (C=O) groups excluding carboxylic acids is 1. The highest BCUT2D eigenvalue weighted by molar-refractivity contribution is 7.92. The summed E-state index contributed by atoms with van der Waals surface area (Å²) in [6, 6.07) is 13.3. The fraction of sp³-hybridized carbons (Fsp3) is 0.350. The molecule has 28 heavy (non-hydrogen) atoms. The second-order valence-corrected chi connectivity index (χ2v) is 8.70. The van der Waals surface area contributed by atoms with Gasteiger partial charge in [0, 0.05) is 12.6 Å². The summed E-state index contributed by atoms with van der Waals surface area (Å²) >= 11 is 0. The van der Waals surface area contributed by atoms with Gasteiger partial charge in [-0.3, -0.25) is 9.52 Å². The van der Waals surface area contributed by atoms with Crippen molar-refractivity contribution in [1.29, 1.82) is 0 Å². The summed E-state index contributed by atoms with van der Waals surface area (Å²) in [6.45, 7) is 5.66. The first kappa shape index (κ1) is 22.2. The Bertz CT molecular complexity index is 917. The largest absolute Gasteiger partial charge is 0.348 e. The Kier molecular flexibility index (Phi) is 7.46. The summed E-state index contributed by atoms with van der Waals surface area (Å²) in [6.07, 6.45) is 0.993. The van der Waals surface area contributed by atoms with E-state index in [1.54, 1.807) is 48.5 Å². The number of halogens is 1. The topological polar surface area (TPSA) is 87.3 Å². The maximum Gasteiger partial charge on any atom is 0.261 e. The molecular weight excluding hydrogens is 398 g/mol. The van der Waals surface area contributed by atoms with Crippen molar-refractivity contribution in [2.75, 3.05) is 17.8 Å². The van der Waals surface area contributed by atoms with Gasteiger partial charge in [-0.1, -0.05) is 36.8 Å². The molecule has 0 radical (unpaired) electrons. The third-order valence-electron chi connectivity index (χ3n) is 4.89. The SMILES string of the molecule is Cc1ccc(S(=O)(=O)Nc2ccccc2C(=O)NC2CNCCC2C)cc1.Cl. The molecule has 1 fully saturated rings. The fourth-order valence-corrected chi connectivity index (χ4v) is 4.20. The van der Waals surface area contributed by atoms with Crippen molar-refractivity contribution in [3.63, 3.8) is 0 Å². The standard InChI is InChI=1S/C20H25N3O3S.ClH/c1-14-7-9-16(10-8-14)27(25,26)23-18-6-4-3-5-17(18)20(24)22-19-13-21-12-11-15(19)2;/h3-10,15,19,21,23H,11-13H2,1-2H3,(H,22,24);1H. The van der Waals surface area contributed by atoms with Crippen LogP contribution in [0.4, 0.5) is 5.69 Å². The van der Waals surface area contributed by atoms with Crippen LogP contribution in [0.15, 0.2) is 53.4 Å². The van der Waals surface area contributed by atoms with Crippen LogP contribution in [0.1, 0.15) is 29.3 Å². The van der Waals surface area contributed by atoms with Gasteiger partial charge in [-0.25, -0.2) is 8.42 Å². The van der Waals surface area contributed by atoms with Crippen LogP contribution in [0.25, 0.3) is 0 Å². The van der Waals surface area contributed by atoms with Gasteiger partial charge in [0.1, 0.15) is 0 Å². The number of hydrogen-bond acceptors (Lipinski definition) is 4. The summed E-state index contributed by atoms with van der Waals surface area (Å²) in [5, 5.41) is 6.30. The van der Waals surface area contributed by atoms with E-state index in [1.807, 2.05) is 6.92 Å². The van der Waals surface area contributed by atoms with Gasteiger partial charge >= 0.3 is 0 Å². The molecule has 8 heteroatoms. The van der Waals surface area contributed by atoms with Gasteiger partial charge in [0.15, 0.2) is 0 Å². The van der Waals surface area contributed by atoms with E-state index in [4.69, 9.17) is 0 Å². The number of sulfonamides is 1. The van der Waals surface area contributed by atoms with Gasteiger partial charge in [-0.15, -0.1) is 12.4 Å². The van der Waals surface area contributed by atoms with Gasteiger partial charge in [-0.2, -0.15) is 0 Å². The lowest BCUT2D eigenvalue weighted by Crippen LogP contribution is -2.50. The minimum absolute atomic E-state index is 0. The summed E-state index contributed by atoms with van der Waals surface area (Å²) in [5.74, 6) is 0.0874. The summed E-state index contributed by atoms with van der Waals surface area (Å²) < 4.78 is 27.9. The molecule has 0 spiro atoms. The fourth-order valence-electron chi connectivity index (χ4n) is 3.12. The quantitative estimate of drug-likeness (QED) is 0.690. The molecule has 3 rings (SSSR count). The lowest BCUT2D eigenvalue weighted by molar-refractivity contribution is 0.0916. The molecule has 152 valence electrons. The third-order valence-corrected chi connectivity index (χ3v) is 6.27. The molecule has 2 atom stereocenters. The number of benzene rings is 2. The molecule has 2 aromatic carbocycles. The second-order valence-electron chi connectivity index (χ2n) is 7.01. The van der Waals surface area contributed by atoms with E-state index in [0.717, 1.165) is 18.5 Å². The van der Waals surface area contributed by atoms with E-state index in [2.05, 4.69) is 22.3 Å². The normalized spacial score (nSPS) is 19.4. The van der Waals surface area contributed by atoms with Crippen LogP contribution in [0, 0.1) is 12.8 Å². The molecule has 2 unspecified atom stereocenters. The van der Waals surface area contributed by atoms with Crippen molar-refractivity contribution in [3.8, 4) is 0 Å². The minimum Gasteiger partial charge on any atom is -0.348 e. The predicted molar refractivity (Wildman–Crippen MR) is 114 cm³/mol. The molecule has 1 aliphatic heterocycles. The average molecular weight is 424 g/mol. The Labute approximate surface area is 172 Å². The second kappa shape index (κ2) is 9.41. The molecular formula is C20H26ClN3O3S. The van der Waals surface area contributed by atoms with Crippen molar-refractivity contribution in [3.05, 3.63) is 59.7 Å². The highest BCUT2D eigenvalue weighted by Gasteiger charge is 2.25. The Balaban J connectivity index is 0.00000280. The average Bonchev–Trinajstić information content (AvgIpc) is 2.64. The van der Waals surface area contributed by atoms with Crippen LogP contribution >= 0.6 is 12.4 Å². The van der Waals surface area contributed by atoms with Crippen LogP contribution in [0.3, 0.4) is 0 Å². The minimum atomic E-state index is -3.77. The van der Waals surface area contributed by atoms with Crippen LogP contribution < -0.4 is 15.4 Å². The van der Waals surface area contributed by atoms with Crippen LogP contribution in [-0.4, -0.2) is 33.5 Å². The summed E-state index contributed by atoms with van der Waals surface area (Å²) in [4.78, 5) is 12.9. The van der Waals surface area contributed by atoms with Gasteiger partial charge in [0.25, 0.3) is 15.9 Å². The smallest absolute Gasteiger partial charge is 0.261 e. The lowest BCUT2D eigenvalue weighted by atomic mass is 9.94. The molecule has 1 amide bonds. The monoisotopic (exact) mass is 423 g/mol. The van der Waals surface area contributed by atoms with Crippen molar-refractivity contribution in [1.82, 2.24) is 10.6 Å². The Morgan fingerprint density at radius 1 is 1.11 bits per heavy atom. The Morgan fingerprint density at radius 2 is 1.79 bits per heavy atom. The first-order chi connectivity index (χ1) is 12.9. The van der Waals surface area contributed by atoms with Gasteiger partial charge in [-0.05, 0) is 50.1 Å². The van der Waals surface area contributed by atoms with Crippen molar-refractivity contribution in [2.24, 2.45) is 5.92 Å². The van der Waals surface area contributed by atoms with Gasteiger partial charge in [0.2, 0.25) is 0 Å². The van der Waals surface area contributed by atoms with Crippen LogP contribution in [0.2, 0.25) is 0 Å². The maximum absolute atomic E-state index is 12.8. The van der Waals surface area contributed by atoms with Crippen LogP contribution in [0.5, 0.6) is 0 Å². The molecule has 1 aliphatic rings. The van der Waals surface area contributed by atoms with Crippen molar-refractivity contribution >= 4 is 34.0 Å². The maximum atomic E-state index is 12.8. The van der Waals surface area contributed by atoms with Crippen molar-refractivity contribution < 1.29 is 13.2 Å². The molecule has 1 saturated heterocycles. The highest BCUT2D eigenvalue weighted by atomic mass is 35.5. The Morgan fingerprint density at radius 3 is 2.46 bits per heavy atom. The zero-order chi connectivity index (χ0) is 19.4. The van der Waals surface area contributed by atoms with E-state index in [9.17, 15) is 13.2 Å². The number of piperidine rings is 1. The van der Waals surface area contributed by atoms with E-state index in [1.165, 1.54) is 0 Å². The third kappa shape index (κ3) is 5.25. The number of para-hydroxylation sites is 1. The molecule has 0 saturated carbocycles.